The van der Waals surface area contributed by atoms with E-state index >= 15 is 0 Å². The molecule has 5 aliphatic rings. The summed E-state index contributed by atoms with van der Waals surface area (Å²) in [7, 11) is 0. The van der Waals surface area contributed by atoms with Gasteiger partial charge in [0.2, 0.25) is 0 Å². The molecule has 216 valence electrons. The monoisotopic (exact) mass is 523 g/mol. The Morgan fingerprint density at radius 3 is 2.26 bits per heavy atom. The molecular formula is C36H61NO. The molecule has 11 atom stereocenters. The summed E-state index contributed by atoms with van der Waals surface area (Å²) in [5, 5.41) is 13.1. The average molecular weight is 524 g/mol. The Morgan fingerprint density at radius 2 is 1.61 bits per heavy atom. The van der Waals surface area contributed by atoms with Crippen LogP contribution in [0.3, 0.4) is 0 Å². The van der Waals surface area contributed by atoms with Crippen molar-refractivity contribution in [1.82, 2.24) is 5.32 Å². The Bertz CT molecular complexity index is 940. The highest BCUT2D eigenvalue weighted by molar-refractivity contribution is 5.27. The highest BCUT2D eigenvalue weighted by atomic mass is 16.3. The maximum absolute atomic E-state index is 9.40. The molecular weight excluding hydrogens is 462 g/mol. The van der Waals surface area contributed by atoms with Crippen molar-refractivity contribution >= 4 is 0 Å². The molecule has 5 fully saturated rings. The number of aliphatic hydroxyl groups is 1. The molecule has 0 amide bonds. The van der Waals surface area contributed by atoms with Crippen LogP contribution in [0.4, 0.5) is 0 Å². The first-order chi connectivity index (χ1) is 17.9. The van der Waals surface area contributed by atoms with Gasteiger partial charge in [0.1, 0.15) is 0 Å². The quantitative estimate of drug-likeness (QED) is 0.257. The van der Waals surface area contributed by atoms with Gasteiger partial charge in [0.05, 0.1) is 0 Å². The van der Waals surface area contributed by atoms with E-state index in [1.807, 2.05) is 0 Å². The first-order valence-corrected chi connectivity index (χ1v) is 16.5. The molecule has 2 N–H and O–H groups in total. The number of hydrogen-bond acceptors (Lipinski definition) is 2. The lowest BCUT2D eigenvalue weighted by atomic mass is 9.31. The number of nitrogens with one attached hydrogen (secondary N) is 1. The number of rotatable bonds is 7. The van der Waals surface area contributed by atoms with E-state index in [4.69, 9.17) is 6.58 Å². The second-order valence-corrected chi connectivity index (χ2v) is 16.1. The summed E-state index contributed by atoms with van der Waals surface area (Å²) in [5.74, 6) is 4.66. The lowest BCUT2D eigenvalue weighted by Crippen LogP contribution is -2.66. The van der Waals surface area contributed by atoms with Gasteiger partial charge in [0.25, 0.3) is 0 Å². The summed E-state index contributed by atoms with van der Waals surface area (Å²) in [6, 6.07) is 0. The molecule has 2 heteroatoms. The van der Waals surface area contributed by atoms with Crippen LogP contribution in [0.1, 0.15) is 126 Å². The molecule has 0 spiro atoms. The zero-order valence-electron chi connectivity index (χ0n) is 26.2. The number of fused-ring (bicyclic) bond motifs is 7. The van der Waals surface area contributed by atoms with Crippen LogP contribution in [0.25, 0.3) is 0 Å². The molecule has 0 saturated heterocycles. The van der Waals surface area contributed by atoms with Gasteiger partial charge in [0, 0.05) is 24.3 Å². The molecule has 0 radical (unpaired) electrons. The summed E-state index contributed by atoms with van der Waals surface area (Å²) in [5.41, 5.74) is 4.71. The van der Waals surface area contributed by atoms with E-state index in [9.17, 15) is 5.11 Å². The van der Waals surface area contributed by atoms with Crippen molar-refractivity contribution in [2.45, 2.75) is 126 Å². The maximum atomic E-state index is 9.40. The molecule has 0 aromatic heterocycles. The van der Waals surface area contributed by atoms with Crippen molar-refractivity contribution in [2.75, 3.05) is 13.2 Å². The Labute approximate surface area is 235 Å². The Kier molecular flexibility index (Phi) is 7.31. The van der Waals surface area contributed by atoms with Crippen LogP contribution in [0, 0.1) is 62.6 Å². The van der Waals surface area contributed by atoms with Gasteiger partial charge >= 0.3 is 0 Å². The predicted molar refractivity (Wildman–Crippen MR) is 162 cm³/mol. The van der Waals surface area contributed by atoms with Crippen molar-refractivity contribution in [3.63, 3.8) is 0 Å². The predicted octanol–water partition coefficient (Wildman–Crippen LogP) is 9.16. The fourth-order valence-electron chi connectivity index (χ4n) is 12.7. The zero-order chi connectivity index (χ0) is 27.7. The smallest absolute Gasteiger partial charge is 0.0447 e. The Balaban J connectivity index is 1.51. The minimum atomic E-state index is 0.203. The summed E-state index contributed by atoms with van der Waals surface area (Å²) in [6.07, 6.45) is 15.9. The van der Waals surface area contributed by atoms with Crippen molar-refractivity contribution < 1.29 is 5.11 Å². The zero-order valence-corrected chi connectivity index (χ0v) is 26.2. The standard InChI is InChI=1S/C36H61NO/c1-10-32(6)25(4)14-17-33(7)29(32)16-18-35(9)30(33)13-12-28-31-27(24(2)3)15-19-36(31,21-20-34(28,35)8)26(5)37-22-11-23-38/h25,27-31,37-38H,2,5,10-23H2,1,3-4,6-9H3/t25-,27-,28?,29-,30+,31+,32+,33-,34+,35+,36+/m0/s1. The third-order valence-corrected chi connectivity index (χ3v) is 15.4. The lowest BCUT2D eigenvalue weighted by Gasteiger charge is -2.73. The van der Waals surface area contributed by atoms with Crippen molar-refractivity contribution in [3.05, 3.63) is 24.4 Å². The third-order valence-electron chi connectivity index (χ3n) is 15.4. The summed E-state index contributed by atoms with van der Waals surface area (Å²) >= 11 is 0. The molecule has 5 aliphatic carbocycles. The van der Waals surface area contributed by atoms with E-state index in [-0.39, 0.29) is 12.0 Å². The summed E-state index contributed by atoms with van der Waals surface area (Å²) in [6.45, 7) is 28.7. The Morgan fingerprint density at radius 1 is 0.868 bits per heavy atom. The fraction of sp³-hybridized carbons (Fsp3) is 0.889. The second kappa shape index (κ2) is 9.66. The largest absolute Gasteiger partial charge is 0.396 e. The van der Waals surface area contributed by atoms with E-state index < -0.39 is 0 Å². The van der Waals surface area contributed by atoms with Crippen molar-refractivity contribution in [3.8, 4) is 0 Å². The van der Waals surface area contributed by atoms with Crippen molar-refractivity contribution in [1.29, 1.82) is 0 Å². The molecule has 5 rings (SSSR count). The minimum Gasteiger partial charge on any atom is -0.396 e. The van der Waals surface area contributed by atoms with Crippen LogP contribution in [-0.4, -0.2) is 18.3 Å². The van der Waals surface area contributed by atoms with Crippen LogP contribution >= 0.6 is 0 Å². The van der Waals surface area contributed by atoms with Crippen LogP contribution < -0.4 is 5.32 Å². The van der Waals surface area contributed by atoms with Gasteiger partial charge in [-0.05, 0) is 135 Å². The highest BCUT2D eigenvalue weighted by Crippen LogP contribution is 2.78. The highest BCUT2D eigenvalue weighted by Gasteiger charge is 2.71. The van der Waals surface area contributed by atoms with Gasteiger partial charge in [-0.25, -0.2) is 0 Å². The fourth-order valence-corrected chi connectivity index (χ4v) is 12.7. The van der Waals surface area contributed by atoms with E-state index in [2.05, 4.69) is 60.4 Å². The van der Waals surface area contributed by atoms with Gasteiger partial charge in [-0.3, -0.25) is 0 Å². The maximum Gasteiger partial charge on any atom is 0.0447 e. The van der Waals surface area contributed by atoms with Gasteiger partial charge in [-0.2, -0.15) is 0 Å². The van der Waals surface area contributed by atoms with E-state index in [0.29, 0.717) is 33.5 Å². The second-order valence-electron chi connectivity index (χ2n) is 16.1. The van der Waals surface area contributed by atoms with E-state index in [1.54, 1.807) is 0 Å². The number of hydrogen-bond donors (Lipinski definition) is 2. The minimum absolute atomic E-state index is 0.203. The molecule has 0 aliphatic heterocycles. The first kappa shape index (κ1) is 28.8. The van der Waals surface area contributed by atoms with Gasteiger partial charge < -0.3 is 10.4 Å². The first-order valence-electron chi connectivity index (χ1n) is 16.5. The molecule has 38 heavy (non-hydrogen) atoms. The normalized spacial score (nSPS) is 51.8. The van der Waals surface area contributed by atoms with Gasteiger partial charge in [-0.1, -0.05) is 66.7 Å². The van der Waals surface area contributed by atoms with Gasteiger partial charge in [-0.15, -0.1) is 0 Å². The SMILES string of the molecule is C=C(C)[C@@H]1CC[C@]2(C(=C)NCCCO)CC[C@]3(C)C(CC[C@@H]4[C@@]5(C)CC[C@H](C)[C@@](C)(CC)[C@@H]5CC[C@]43C)[C@@H]12. The van der Waals surface area contributed by atoms with Crippen LogP contribution in [0.5, 0.6) is 0 Å². The number of allylic oxidation sites excluding steroid dienone is 2. The van der Waals surface area contributed by atoms with E-state index in [1.165, 1.54) is 81.9 Å². The Hall–Kier alpha value is -0.760. The van der Waals surface area contributed by atoms with Gasteiger partial charge in [0.15, 0.2) is 0 Å². The van der Waals surface area contributed by atoms with Crippen LogP contribution in [0.2, 0.25) is 0 Å². The lowest BCUT2D eigenvalue weighted by molar-refractivity contribution is -0.241. The average Bonchev–Trinajstić information content (AvgIpc) is 3.28. The topological polar surface area (TPSA) is 32.3 Å². The summed E-state index contributed by atoms with van der Waals surface area (Å²) < 4.78 is 0. The van der Waals surface area contributed by atoms with Crippen molar-refractivity contribution in [2.24, 2.45) is 62.6 Å². The van der Waals surface area contributed by atoms with Crippen LogP contribution in [-0.2, 0) is 0 Å². The molecule has 5 saturated carbocycles. The molecule has 0 aromatic rings. The summed E-state index contributed by atoms with van der Waals surface area (Å²) in [4.78, 5) is 0. The number of aliphatic hydroxyl groups excluding tert-OH is 1. The molecule has 0 aromatic carbocycles. The molecule has 2 nitrogen and oxygen atoms in total. The van der Waals surface area contributed by atoms with E-state index in [0.717, 1.165) is 36.6 Å². The third kappa shape index (κ3) is 3.66. The molecule has 0 heterocycles. The van der Waals surface area contributed by atoms with Crippen LogP contribution in [0.15, 0.2) is 24.4 Å². The molecule has 1 unspecified atom stereocenters. The molecule has 0 bridgehead atoms.